The van der Waals surface area contributed by atoms with Crippen LogP contribution in [0.25, 0.3) is 6.08 Å². The molecule has 0 bridgehead atoms. The maximum atomic E-state index is 12.0. The Bertz CT molecular complexity index is 659. The Kier molecular flexibility index (Phi) is 7.54. The summed E-state index contributed by atoms with van der Waals surface area (Å²) in [5.74, 6) is -0.141. The quantitative estimate of drug-likeness (QED) is 0.199. The molecule has 0 aromatic heterocycles. The smallest absolute Gasteiger partial charge is 0.333 e. The molecule has 5 atom stereocenters. The van der Waals surface area contributed by atoms with Gasteiger partial charge in [-0.3, -0.25) is 0 Å². The fourth-order valence-corrected chi connectivity index (χ4v) is 2.43. The molecule has 1 aromatic carbocycles. The molecule has 4 N–H and O–H groups in total. The third-order valence-electron chi connectivity index (χ3n) is 3.85. The second-order valence-corrected chi connectivity index (χ2v) is 5.63. The molecule has 1 aliphatic rings. The summed E-state index contributed by atoms with van der Waals surface area (Å²) in [5.41, 5.74) is 0.584. The van der Waals surface area contributed by atoms with Crippen LogP contribution < -0.4 is 9.62 Å². The molecule has 2 rings (SSSR count). The molecule has 1 aromatic rings. The highest BCUT2D eigenvalue weighted by Gasteiger charge is 2.45. The average Bonchev–Trinajstić information content (AvgIpc) is 2.67. The summed E-state index contributed by atoms with van der Waals surface area (Å²) in [6.45, 7) is -0.621. The Morgan fingerprint density at radius 3 is 2.52 bits per heavy atom. The van der Waals surface area contributed by atoms with Crippen molar-refractivity contribution >= 4 is 12.0 Å². The van der Waals surface area contributed by atoms with Crippen LogP contribution in [-0.2, 0) is 19.2 Å². The highest BCUT2D eigenvalue weighted by Crippen LogP contribution is 2.28. The van der Waals surface area contributed by atoms with E-state index < -0.39 is 43.3 Å². The molecule has 1 heterocycles. The lowest BCUT2D eigenvalue weighted by molar-refractivity contribution is -0.291. The normalized spacial score (nSPS) is 28.1. The first-order valence-electron chi connectivity index (χ1n) is 7.99. The zero-order chi connectivity index (χ0) is 20.0. The highest BCUT2D eigenvalue weighted by molar-refractivity contribution is 5.87. The lowest BCUT2D eigenvalue weighted by atomic mass is 9.99. The van der Waals surface area contributed by atoms with Gasteiger partial charge < -0.3 is 39.5 Å². The lowest BCUT2D eigenvalue weighted by Gasteiger charge is -2.38. The summed E-state index contributed by atoms with van der Waals surface area (Å²) in [4.78, 5) is 21.4. The lowest BCUT2D eigenvalue weighted by Crippen LogP contribution is -2.59. The summed E-state index contributed by atoms with van der Waals surface area (Å²) in [6, 6.07) is 4.80. The molecule has 10 nitrogen and oxygen atoms in total. The number of hydrogen-bond acceptors (Lipinski definition) is 10. The number of carbonyl (C=O) groups excluding carboxylic acids is 1. The minimum Gasteiger partial charge on any atom is -0.493 e. The van der Waals surface area contributed by atoms with Gasteiger partial charge in [0.15, 0.2) is 5.75 Å². The van der Waals surface area contributed by atoms with Crippen molar-refractivity contribution in [2.45, 2.75) is 30.7 Å². The third kappa shape index (κ3) is 5.16. The number of aliphatic hydroxyl groups excluding tert-OH is 4. The van der Waals surface area contributed by atoms with Gasteiger partial charge in [0, 0.05) is 6.08 Å². The number of esters is 1. The molecular formula is C17H22O10. The van der Waals surface area contributed by atoms with Crippen molar-refractivity contribution < 1.29 is 49.2 Å². The Balaban J connectivity index is 2.02. The molecule has 1 fully saturated rings. The van der Waals surface area contributed by atoms with Crippen LogP contribution in [0, 0.1) is 0 Å². The number of carbonyl (C=O) groups is 1. The van der Waals surface area contributed by atoms with E-state index in [-0.39, 0.29) is 0 Å². The van der Waals surface area contributed by atoms with E-state index >= 15 is 0 Å². The summed E-state index contributed by atoms with van der Waals surface area (Å²) in [7, 11) is 2.79. The Hall–Kier alpha value is -2.21. The molecular weight excluding hydrogens is 364 g/mol. The molecule has 0 amide bonds. The third-order valence-corrected chi connectivity index (χ3v) is 3.85. The Morgan fingerprint density at radius 2 is 1.89 bits per heavy atom. The van der Waals surface area contributed by atoms with Crippen LogP contribution in [0.4, 0.5) is 0 Å². The van der Waals surface area contributed by atoms with E-state index in [1.807, 2.05) is 0 Å². The van der Waals surface area contributed by atoms with Crippen molar-refractivity contribution in [3.05, 3.63) is 29.8 Å². The maximum absolute atomic E-state index is 12.0. The van der Waals surface area contributed by atoms with Gasteiger partial charge in [-0.15, -0.1) is 0 Å². The molecule has 0 radical (unpaired) electrons. The average molecular weight is 386 g/mol. The summed E-state index contributed by atoms with van der Waals surface area (Å²) in [6.07, 6.45) is -5.03. The van der Waals surface area contributed by atoms with Gasteiger partial charge in [0.2, 0.25) is 12.0 Å². The van der Waals surface area contributed by atoms with Crippen LogP contribution in [0.5, 0.6) is 11.5 Å². The van der Waals surface area contributed by atoms with E-state index in [1.54, 1.807) is 18.2 Å². The number of benzene rings is 1. The van der Waals surface area contributed by atoms with Gasteiger partial charge in [-0.25, -0.2) is 4.79 Å². The zero-order valence-corrected chi connectivity index (χ0v) is 14.7. The van der Waals surface area contributed by atoms with Crippen molar-refractivity contribution in [1.82, 2.24) is 0 Å². The van der Waals surface area contributed by atoms with E-state index in [4.69, 9.17) is 24.2 Å². The zero-order valence-electron chi connectivity index (χ0n) is 14.7. The van der Waals surface area contributed by atoms with E-state index in [9.17, 15) is 20.1 Å². The minimum absolute atomic E-state index is 0.348. The number of aliphatic hydroxyl groups is 4. The predicted molar refractivity (Wildman–Crippen MR) is 89.5 cm³/mol. The fourth-order valence-electron chi connectivity index (χ4n) is 2.43. The summed E-state index contributed by atoms with van der Waals surface area (Å²) < 4.78 is 15.2. The molecule has 10 heteroatoms. The van der Waals surface area contributed by atoms with Gasteiger partial charge in [0.1, 0.15) is 24.4 Å². The first-order valence-corrected chi connectivity index (χ1v) is 7.99. The second-order valence-electron chi connectivity index (χ2n) is 5.63. The number of hydrogen-bond donors (Lipinski definition) is 4. The summed E-state index contributed by atoms with van der Waals surface area (Å²) in [5, 5.41) is 38.3. The SMILES string of the molecule is COOc1ccc(C=CC(=O)OC2O[C@H](CO)[C@@H](O)[C@H](O)[C@H]2O)cc1OC. The number of ether oxygens (including phenoxy) is 3. The first-order chi connectivity index (χ1) is 12.9. The van der Waals surface area contributed by atoms with Gasteiger partial charge in [-0.05, 0) is 23.8 Å². The largest absolute Gasteiger partial charge is 0.493 e. The first kappa shape index (κ1) is 21.1. The monoisotopic (exact) mass is 386 g/mol. The van der Waals surface area contributed by atoms with Crippen LogP contribution in [0.15, 0.2) is 24.3 Å². The molecule has 27 heavy (non-hydrogen) atoms. The standard InChI is InChI=1S/C17H22O10/c1-23-11-7-9(3-5-10(11)27-24-2)4-6-13(19)26-17-16(22)15(21)14(20)12(8-18)25-17/h3-7,12,14-18,20-22H,8H2,1-2H3/t12-,14-,15+,16-,17?/m1/s1. The Morgan fingerprint density at radius 1 is 1.15 bits per heavy atom. The topological polar surface area (TPSA) is 144 Å². The van der Waals surface area contributed by atoms with Crippen LogP contribution in [-0.4, -0.2) is 77.9 Å². The van der Waals surface area contributed by atoms with Gasteiger partial charge in [-0.2, -0.15) is 4.89 Å². The molecule has 1 saturated heterocycles. The van der Waals surface area contributed by atoms with Gasteiger partial charge in [-0.1, -0.05) is 6.07 Å². The van der Waals surface area contributed by atoms with E-state index in [0.29, 0.717) is 17.1 Å². The van der Waals surface area contributed by atoms with Crippen molar-refractivity contribution in [3.63, 3.8) is 0 Å². The molecule has 0 aliphatic carbocycles. The molecule has 150 valence electrons. The van der Waals surface area contributed by atoms with E-state index in [0.717, 1.165) is 6.08 Å². The number of rotatable bonds is 7. The summed E-state index contributed by atoms with van der Waals surface area (Å²) >= 11 is 0. The van der Waals surface area contributed by atoms with Crippen LogP contribution in [0.3, 0.4) is 0 Å². The number of methoxy groups -OCH3 is 1. The van der Waals surface area contributed by atoms with E-state index in [1.165, 1.54) is 20.3 Å². The van der Waals surface area contributed by atoms with Crippen LogP contribution in [0.2, 0.25) is 0 Å². The van der Waals surface area contributed by atoms with Gasteiger partial charge >= 0.3 is 5.97 Å². The second kappa shape index (κ2) is 9.65. The Labute approximate surface area is 155 Å². The van der Waals surface area contributed by atoms with Gasteiger partial charge in [0.05, 0.1) is 20.8 Å². The fraction of sp³-hybridized carbons (Fsp3) is 0.471. The van der Waals surface area contributed by atoms with Crippen LogP contribution in [0.1, 0.15) is 5.56 Å². The van der Waals surface area contributed by atoms with Crippen molar-refractivity contribution in [2.24, 2.45) is 0 Å². The minimum atomic E-state index is -1.66. The molecule has 1 unspecified atom stereocenters. The van der Waals surface area contributed by atoms with Crippen molar-refractivity contribution in [1.29, 1.82) is 0 Å². The van der Waals surface area contributed by atoms with Crippen LogP contribution >= 0.6 is 0 Å². The molecule has 0 spiro atoms. The molecule has 0 saturated carbocycles. The maximum Gasteiger partial charge on any atom is 0.333 e. The predicted octanol–water partition coefficient (Wildman–Crippen LogP) is -1.01. The van der Waals surface area contributed by atoms with E-state index in [2.05, 4.69) is 4.89 Å². The van der Waals surface area contributed by atoms with Crippen molar-refractivity contribution in [2.75, 3.05) is 20.8 Å². The van der Waals surface area contributed by atoms with Crippen molar-refractivity contribution in [3.8, 4) is 11.5 Å². The molecule has 1 aliphatic heterocycles. The highest BCUT2D eigenvalue weighted by atomic mass is 17.2. The van der Waals surface area contributed by atoms with Gasteiger partial charge in [0.25, 0.3) is 0 Å².